The SMILES string of the molecule is COc1ccccc1CCNCc1c(C)n(Cc2ccccc2Cl)c2ccccc12.Cl. The van der Waals surface area contributed by atoms with E-state index in [2.05, 4.69) is 59.3 Å². The molecule has 0 fully saturated rings. The highest BCUT2D eigenvalue weighted by atomic mass is 35.5. The van der Waals surface area contributed by atoms with E-state index in [9.17, 15) is 0 Å². The molecule has 0 atom stereocenters. The van der Waals surface area contributed by atoms with E-state index in [0.29, 0.717) is 0 Å². The number of rotatable bonds is 8. The Morgan fingerprint density at radius 1 is 0.903 bits per heavy atom. The van der Waals surface area contributed by atoms with Crippen molar-refractivity contribution in [3.8, 4) is 5.75 Å². The number of nitrogens with zero attached hydrogens (tertiary/aromatic N) is 1. The van der Waals surface area contributed by atoms with Crippen LogP contribution >= 0.6 is 24.0 Å². The number of hydrogen-bond acceptors (Lipinski definition) is 2. The van der Waals surface area contributed by atoms with Gasteiger partial charge in [-0.3, -0.25) is 0 Å². The van der Waals surface area contributed by atoms with Crippen LogP contribution < -0.4 is 10.1 Å². The van der Waals surface area contributed by atoms with E-state index in [1.54, 1.807) is 7.11 Å². The summed E-state index contributed by atoms with van der Waals surface area (Å²) in [5, 5.41) is 5.74. The summed E-state index contributed by atoms with van der Waals surface area (Å²) in [5.41, 5.74) is 6.24. The Hall–Kier alpha value is -2.46. The standard InChI is InChI=1S/C26H27ClN2O.ClH/c1-19-23(17-28-16-15-20-9-4-8-14-26(20)30-2)22-11-5-7-13-25(22)29(19)18-21-10-3-6-12-24(21)27;/h3-14,28H,15-18H2,1-2H3;1H. The normalized spacial score (nSPS) is 10.8. The molecule has 0 saturated carbocycles. The largest absolute Gasteiger partial charge is 0.496 e. The Morgan fingerprint density at radius 2 is 1.58 bits per heavy atom. The molecular formula is C26H28Cl2N2O. The van der Waals surface area contributed by atoms with Crippen LogP contribution in [0.25, 0.3) is 10.9 Å². The van der Waals surface area contributed by atoms with Crippen LogP contribution in [0, 0.1) is 6.92 Å². The van der Waals surface area contributed by atoms with Crippen molar-refractivity contribution in [3.63, 3.8) is 0 Å². The third-order valence-corrected chi connectivity index (χ3v) is 6.08. The highest BCUT2D eigenvalue weighted by molar-refractivity contribution is 6.31. The molecule has 1 N–H and O–H groups in total. The van der Waals surface area contributed by atoms with E-state index in [0.717, 1.165) is 42.4 Å². The summed E-state index contributed by atoms with van der Waals surface area (Å²) in [7, 11) is 1.73. The van der Waals surface area contributed by atoms with E-state index in [4.69, 9.17) is 16.3 Å². The number of para-hydroxylation sites is 2. The van der Waals surface area contributed by atoms with Crippen LogP contribution in [0.2, 0.25) is 5.02 Å². The smallest absolute Gasteiger partial charge is 0.122 e. The Balaban J connectivity index is 0.00000272. The molecule has 0 aliphatic heterocycles. The van der Waals surface area contributed by atoms with Gasteiger partial charge in [-0.15, -0.1) is 12.4 Å². The lowest BCUT2D eigenvalue weighted by molar-refractivity contribution is 0.409. The summed E-state index contributed by atoms with van der Waals surface area (Å²) in [6.45, 7) is 4.70. The molecule has 4 aromatic rings. The van der Waals surface area contributed by atoms with Gasteiger partial charge in [0.05, 0.1) is 7.11 Å². The minimum Gasteiger partial charge on any atom is -0.496 e. The molecule has 0 saturated heterocycles. The maximum absolute atomic E-state index is 6.43. The van der Waals surface area contributed by atoms with E-state index in [-0.39, 0.29) is 12.4 Å². The minimum absolute atomic E-state index is 0. The minimum atomic E-state index is 0. The monoisotopic (exact) mass is 454 g/mol. The second-order valence-electron chi connectivity index (χ2n) is 7.50. The molecule has 0 radical (unpaired) electrons. The molecule has 3 aromatic carbocycles. The second kappa shape index (κ2) is 10.7. The van der Waals surface area contributed by atoms with Crippen LogP contribution in [-0.2, 0) is 19.5 Å². The van der Waals surface area contributed by atoms with E-state index in [1.807, 2.05) is 30.3 Å². The van der Waals surface area contributed by atoms with Crippen LogP contribution in [-0.4, -0.2) is 18.2 Å². The maximum atomic E-state index is 6.43. The molecule has 0 aliphatic carbocycles. The van der Waals surface area contributed by atoms with Crippen LogP contribution in [0.3, 0.4) is 0 Å². The number of hydrogen-bond donors (Lipinski definition) is 1. The third-order valence-electron chi connectivity index (χ3n) is 5.71. The summed E-state index contributed by atoms with van der Waals surface area (Å²) in [5.74, 6) is 0.951. The summed E-state index contributed by atoms with van der Waals surface area (Å²) in [6.07, 6.45) is 0.932. The Morgan fingerprint density at radius 3 is 2.35 bits per heavy atom. The van der Waals surface area contributed by atoms with Gasteiger partial charge in [-0.2, -0.15) is 0 Å². The van der Waals surface area contributed by atoms with Crippen LogP contribution in [0.1, 0.15) is 22.4 Å². The molecule has 0 amide bonds. The Labute approximate surface area is 195 Å². The summed E-state index contributed by atoms with van der Waals surface area (Å²) >= 11 is 6.43. The summed E-state index contributed by atoms with van der Waals surface area (Å²) in [4.78, 5) is 0. The fraction of sp³-hybridized carbons (Fsp3) is 0.231. The summed E-state index contributed by atoms with van der Waals surface area (Å²) < 4.78 is 7.83. The first-order valence-corrected chi connectivity index (χ1v) is 10.7. The van der Waals surface area contributed by atoms with Crippen molar-refractivity contribution >= 4 is 34.9 Å². The van der Waals surface area contributed by atoms with Crippen LogP contribution in [0.5, 0.6) is 5.75 Å². The van der Waals surface area contributed by atoms with Crippen molar-refractivity contribution in [2.24, 2.45) is 0 Å². The first-order valence-electron chi connectivity index (χ1n) is 10.3. The van der Waals surface area contributed by atoms with Gasteiger partial charge in [0.2, 0.25) is 0 Å². The van der Waals surface area contributed by atoms with Gasteiger partial charge in [-0.1, -0.05) is 66.2 Å². The van der Waals surface area contributed by atoms with Crippen molar-refractivity contribution < 1.29 is 4.74 Å². The van der Waals surface area contributed by atoms with Crippen LogP contribution in [0.4, 0.5) is 0 Å². The number of aromatic nitrogens is 1. The lowest BCUT2D eigenvalue weighted by atomic mass is 10.1. The van der Waals surface area contributed by atoms with Gasteiger partial charge in [-0.05, 0) is 54.8 Å². The molecule has 4 rings (SSSR count). The van der Waals surface area contributed by atoms with Gasteiger partial charge in [0, 0.05) is 34.7 Å². The second-order valence-corrected chi connectivity index (χ2v) is 7.90. The van der Waals surface area contributed by atoms with E-state index >= 15 is 0 Å². The van der Waals surface area contributed by atoms with E-state index < -0.39 is 0 Å². The summed E-state index contributed by atoms with van der Waals surface area (Å²) in [6, 6.07) is 24.9. The van der Waals surface area contributed by atoms with E-state index in [1.165, 1.54) is 27.7 Å². The number of methoxy groups -OCH3 is 1. The molecular weight excluding hydrogens is 427 g/mol. The lowest BCUT2D eigenvalue weighted by Crippen LogP contribution is -2.17. The zero-order chi connectivity index (χ0) is 20.9. The van der Waals surface area contributed by atoms with Gasteiger partial charge in [0.1, 0.15) is 5.75 Å². The zero-order valence-corrected chi connectivity index (χ0v) is 19.5. The molecule has 5 heteroatoms. The van der Waals surface area contributed by atoms with Gasteiger partial charge in [0.15, 0.2) is 0 Å². The molecule has 31 heavy (non-hydrogen) atoms. The van der Waals surface area contributed by atoms with Crippen molar-refractivity contribution in [2.45, 2.75) is 26.4 Å². The van der Waals surface area contributed by atoms with Crippen molar-refractivity contribution in [1.29, 1.82) is 0 Å². The molecule has 3 nitrogen and oxygen atoms in total. The number of fused-ring (bicyclic) bond motifs is 1. The predicted octanol–water partition coefficient (Wildman–Crippen LogP) is 6.41. The number of halogens is 2. The predicted molar refractivity (Wildman–Crippen MR) is 133 cm³/mol. The first kappa shape index (κ1) is 23.2. The van der Waals surface area contributed by atoms with Crippen LogP contribution in [0.15, 0.2) is 72.8 Å². The fourth-order valence-electron chi connectivity index (χ4n) is 4.07. The quantitative estimate of drug-likeness (QED) is 0.311. The van der Waals surface area contributed by atoms with Crippen molar-refractivity contribution in [2.75, 3.05) is 13.7 Å². The molecule has 0 spiro atoms. The third kappa shape index (κ3) is 5.07. The highest BCUT2D eigenvalue weighted by Crippen LogP contribution is 2.28. The molecule has 0 bridgehead atoms. The topological polar surface area (TPSA) is 26.2 Å². The fourth-order valence-corrected chi connectivity index (χ4v) is 4.27. The van der Waals surface area contributed by atoms with Gasteiger partial charge in [-0.25, -0.2) is 0 Å². The number of ether oxygens (including phenoxy) is 1. The highest BCUT2D eigenvalue weighted by Gasteiger charge is 2.14. The first-order chi connectivity index (χ1) is 14.7. The average Bonchev–Trinajstić information content (AvgIpc) is 3.04. The van der Waals surface area contributed by atoms with Gasteiger partial charge in [0.25, 0.3) is 0 Å². The van der Waals surface area contributed by atoms with Crippen molar-refractivity contribution in [3.05, 3.63) is 100 Å². The average molecular weight is 455 g/mol. The molecule has 0 unspecified atom stereocenters. The van der Waals surface area contributed by atoms with Gasteiger partial charge >= 0.3 is 0 Å². The van der Waals surface area contributed by atoms with Crippen molar-refractivity contribution in [1.82, 2.24) is 9.88 Å². The molecule has 1 heterocycles. The zero-order valence-electron chi connectivity index (χ0n) is 17.9. The molecule has 162 valence electrons. The number of nitrogens with one attached hydrogen (secondary N) is 1. The lowest BCUT2D eigenvalue weighted by Gasteiger charge is -2.11. The molecule has 0 aliphatic rings. The Bertz CT molecular complexity index is 1150. The maximum Gasteiger partial charge on any atom is 0.122 e. The molecule has 1 aromatic heterocycles. The van der Waals surface area contributed by atoms with Gasteiger partial charge < -0.3 is 14.6 Å². The number of benzene rings is 3. The Kier molecular flexibility index (Phi) is 8.03.